The number of tetrazole rings is 1. The van der Waals surface area contributed by atoms with Gasteiger partial charge in [-0.1, -0.05) is 48.0 Å². The number of furan rings is 1. The van der Waals surface area contributed by atoms with E-state index in [1.165, 1.54) is 21.0 Å². The van der Waals surface area contributed by atoms with E-state index >= 15 is 0 Å². The number of amides is 2. The number of carbonyl (C=O) groups excluding carboxylic acids is 2. The zero-order chi connectivity index (χ0) is 26.5. The number of thiophene rings is 1. The molecular formula is C27H23ClN6O3S. The Bertz CT molecular complexity index is 1520. The van der Waals surface area contributed by atoms with E-state index in [4.69, 9.17) is 16.0 Å². The minimum atomic E-state index is -1.10. The molecule has 5 aromatic rings. The number of carbonyl (C=O) groups is 2. The molecular weight excluding hydrogens is 524 g/mol. The van der Waals surface area contributed by atoms with Crippen molar-refractivity contribution in [1.29, 1.82) is 0 Å². The van der Waals surface area contributed by atoms with Gasteiger partial charge in [-0.3, -0.25) is 14.5 Å². The molecule has 11 heteroatoms. The third-order valence-corrected chi connectivity index (χ3v) is 6.81. The molecule has 3 aromatic heterocycles. The molecule has 0 aliphatic heterocycles. The second-order valence-corrected chi connectivity index (χ2v) is 9.80. The number of nitrogens with one attached hydrogen (secondary N) is 1. The molecule has 0 aliphatic rings. The molecule has 0 unspecified atom stereocenters. The fourth-order valence-corrected chi connectivity index (χ4v) is 4.68. The Morgan fingerprint density at radius 3 is 2.53 bits per heavy atom. The van der Waals surface area contributed by atoms with Crippen molar-refractivity contribution in [2.75, 3.05) is 4.90 Å². The van der Waals surface area contributed by atoms with Gasteiger partial charge in [-0.25, -0.2) is 0 Å². The predicted molar refractivity (Wildman–Crippen MR) is 145 cm³/mol. The van der Waals surface area contributed by atoms with Gasteiger partial charge >= 0.3 is 0 Å². The highest BCUT2D eigenvalue weighted by molar-refractivity contribution is 7.13. The maximum Gasteiger partial charge on any atom is 0.251 e. The summed E-state index contributed by atoms with van der Waals surface area (Å²) in [5.41, 5.74) is 1.39. The molecule has 1 atom stereocenters. The van der Waals surface area contributed by atoms with Gasteiger partial charge in [0.1, 0.15) is 18.1 Å². The van der Waals surface area contributed by atoms with Crippen LogP contribution in [0.4, 0.5) is 5.69 Å². The molecule has 2 amide bonds. The number of benzene rings is 2. The molecule has 0 saturated carbocycles. The first kappa shape index (κ1) is 25.4. The lowest BCUT2D eigenvalue weighted by Gasteiger charge is -2.30. The van der Waals surface area contributed by atoms with E-state index in [0.717, 1.165) is 10.4 Å². The first-order valence-corrected chi connectivity index (χ1v) is 13.0. The van der Waals surface area contributed by atoms with Crippen molar-refractivity contribution in [1.82, 2.24) is 25.5 Å². The van der Waals surface area contributed by atoms with Crippen LogP contribution in [0, 0.1) is 6.92 Å². The highest BCUT2D eigenvalue weighted by atomic mass is 35.5. The third kappa shape index (κ3) is 5.82. The Labute approximate surface area is 227 Å². The zero-order valence-electron chi connectivity index (χ0n) is 20.3. The standard InChI is InChI=1S/C27H23ClN6O3S/c1-18-9-14-22(37-18)25(27(36)29-16-19-6-3-2-4-7-19)34(21-12-10-20(28)11-13-21)24(35)17-33-31-26(30-32-33)23-8-5-15-38-23/h2-15,25H,16-17H2,1H3,(H,29,36)/t25-/m1/s1. The fraction of sp³-hybridized carbons (Fsp3) is 0.148. The number of anilines is 1. The first-order chi connectivity index (χ1) is 18.5. The maximum absolute atomic E-state index is 13.8. The third-order valence-electron chi connectivity index (χ3n) is 5.69. The van der Waals surface area contributed by atoms with Crippen molar-refractivity contribution >= 4 is 40.4 Å². The van der Waals surface area contributed by atoms with E-state index in [1.54, 1.807) is 43.3 Å². The molecule has 5 rings (SSSR count). The number of nitrogens with zero attached hydrogens (tertiary/aromatic N) is 5. The monoisotopic (exact) mass is 546 g/mol. The Kier molecular flexibility index (Phi) is 7.62. The number of aromatic nitrogens is 4. The van der Waals surface area contributed by atoms with Crippen molar-refractivity contribution in [3.05, 3.63) is 106 Å². The number of aryl methyl sites for hydroxylation is 1. The van der Waals surface area contributed by atoms with Crippen molar-refractivity contribution in [3.63, 3.8) is 0 Å². The normalized spacial score (nSPS) is 11.7. The minimum absolute atomic E-state index is 0.247. The number of hydrogen-bond donors (Lipinski definition) is 1. The van der Waals surface area contributed by atoms with Crippen LogP contribution < -0.4 is 10.2 Å². The average Bonchev–Trinajstić information content (AvgIpc) is 3.70. The van der Waals surface area contributed by atoms with Crippen molar-refractivity contribution in [2.24, 2.45) is 0 Å². The van der Waals surface area contributed by atoms with Crippen LogP contribution in [0.5, 0.6) is 0 Å². The van der Waals surface area contributed by atoms with Crippen LogP contribution in [-0.4, -0.2) is 32.0 Å². The van der Waals surface area contributed by atoms with Crippen molar-refractivity contribution in [3.8, 4) is 10.7 Å². The number of halogens is 1. The minimum Gasteiger partial charge on any atom is -0.464 e. The van der Waals surface area contributed by atoms with Crippen LogP contribution in [0.1, 0.15) is 23.1 Å². The molecule has 0 bridgehead atoms. The van der Waals surface area contributed by atoms with Crippen LogP contribution in [-0.2, 0) is 22.7 Å². The van der Waals surface area contributed by atoms with Crippen molar-refractivity contribution < 1.29 is 14.0 Å². The van der Waals surface area contributed by atoms with Gasteiger partial charge in [0.25, 0.3) is 11.8 Å². The summed E-state index contributed by atoms with van der Waals surface area (Å²) in [6.45, 7) is 1.82. The molecule has 9 nitrogen and oxygen atoms in total. The van der Waals surface area contributed by atoms with Gasteiger partial charge in [-0.05, 0) is 65.5 Å². The molecule has 1 N–H and O–H groups in total. The quantitative estimate of drug-likeness (QED) is 0.277. The lowest BCUT2D eigenvalue weighted by molar-refractivity contribution is -0.127. The van der Waals surface area contributed by atoms with Crippen LogP contribution in [0.25, 0.3) is 10.7 Å². The van der Waals surface area contributed by atoms with Crippen LogP contribution in [0.3, 0.4) is 0 Å². The van der Waals surface area contributed by atoms with Crippen molar-refractivity contribution in [2.45, 2.75) is 26.1 Å². The van der Waals surface area contributed by atoms with Gasteiger partial charge < -0.3 is 9.73 Å². The van der Waals surface area contributed by atoms with Gasteiger partial charge in [-0.15, -0.1) is 21.5 Å². The second-order valence-electron chi connectivity index (χ2n) is 8.42. The molecule has 0 spiro atoms. The summed E-state index contributed by atoms with van der Waals surface area (Å²) >= 11 is 7.60. The summed E-state index contributed by atoms with van der Waals surface area (Å²) in [4.78, 5) is 31.0. The summed E-state index contributed by atoms with van der Waals surface area (Å²) in [6, 6.07) is 22.3. The molecule has 38 heavy (non-hydrogen) atoms. The van der Waals surface area contributed by atoms with E-state index in [-0.39, 0.29) is 13.1 Å². The Balaban J connectivity index is 1.48. The van der Waals surface area contributed by atoms with Crippen LogP contribution >= 0.6 is 22.9 Å². The SMILES string of the molecule is Cc1ccc([C@H](C(=O)NCc2ccccc2)N(C(=O)Cn2nnc(-c3cccs3)n2)c2ccc(Cl)cc2)o1. The largest absolute Gasteiger partial charge is 0.464 e. The van der Waals surface area contributed by atoms with Crippen LogP contribution in [0.15, 0.2) is 88.7 Å². The first-order valence-electron chi connectivity index (χ1n) is 11.8. The summed E-state index contributed by atoms with van der Waals surface area (Å²) in [6.07, 6.45) is 0. The summed E-state index contributed by atoms with van der Waals surface area (Å²) in [5.74, 6) is 0.517. The fourth-order valence-electron chi connectivity index (χ4n) is 3.91. The lowest BCUT2D eigenvalue weighted by atomic mass is 10.1. The highest BCUT2D eigenvalue weighted by Crippen LogP contribution is 2.31. The van der Waals surface area contributed by atoms with Gasteiger partial charge in [0.15, 0.2) is 6.04 Å². The zero-order valence-corrected chi connectivity index (χ0v) is 21.9. The Hall–Kier alpha value is -4.28. The average molecular weight is 547 g/mol. The summed E-state index contributed by atoms with van der Waals surface area (Å²) in [5, 5.41) is 17.8. The molecule has 0 fully saturated rings. The molecule has 0 aliphatic carbocycles. The molecule has 2 aromatic carbocycles. The van der Waals surface area contributed by atoms with E-state index in [1.807, 2.05) is 47.8 Å². The van der Waals surface area contributed by atoms with Gasteiger partial charge in [0, 0.05) is 17.3 Å². The maximum atomic E-state index is 13.8. The molecule has 0 saturated heterocycles. The summed E-state index contributed by atoms with van der Waals surface area (Å²) in [7, 11) is 0. The van der Waals surface area contributed by atoms with E-state index < -0.39 is 17.9 Å². The van der Waals surface area contributed by atoms with Gasteiger partial charge in [0.2, 0.25) is 5.82 Å². The van der Waals surface area contributed by atoms with Gasteiger partial charge in [-0.2, -0.15) is 4.80 Å². The molecule has 0 radical (unpaired) electrons. The number of rotatable bonds is 9. The summed E-state index contributed by atoms with van der Waals surface area (Å²) < 4.78 is 5.87. The second kappa shape index (κ2) is 11.4. The predicted octanol–water partition coefficient (Wildman–Crippen LogP) is 5.05. The number of hydrogen-bond acceptors (Lipinski definition) is 7. The highest BCUT2D eigenvalue weighted by Gasteiger charge is 2.35. The lowest BCUT2D eigenvalue weighted by Crippen LogP contribution is -2.45. The van der Waals surface area contributed by atoms with E-state index in [0.29, 0.717) is 28.1 Å². The topological polar surface area (TPSA) is 106 Å². The van der Waals surface area contributed by atoms with E-state index in [2.05, 4.69) is 20.7 Å². The Morgan fingerprint density at radius 2 is 1.84 bits per heavy atom. The van der Waals surface area contributed by atoms with Gasteiger partial charge in [0.05, 0.1) is 4.88 Å². The van der Waals surface area contributed by atoms with E-state index in [9.17, 15) is 9.59 Å². The Morgan fingerprint density at radius 1 is 1.05 bits per heavy atom. The molecule has 3 heterocycles. The van der Waals surface area contributed by atoms with Crippen LogP contribution in [0.2, 0.25) is 5.02 Å². The molecule has 192 valence electrons. The smallest absolute Gasteiger partial charge is 0.251 e.